The number of rotatable bonds is 5. The first-order valence-electron chi connectivity index (χ1n) is 8.95. The molecule has 0 unspecified atom stereocenters. The molecule has 0 aliphatic carbocycles. The van der Waals surface area contributed by atoms with E-state index in [4.69, 9.17) is 4.74 Å². The van der Waals surface area contributed by atoms with Gasteiger partial charge in [-0.05, 0) is 42.9 Å². The van der Waals surface area contributed by atoms with Gasteiger partial charge in [0.2, 0.25) is 5.91 Å². The Morgan fingerprint density at radius 2 is 2.12 bits per heavy atom. The van der Waals surface area contributed by atoms with Crippen LogP contribution in [0.2, 0.25) is 0 Å². The van der Waals surface area contributed by atoms with E-state index in [0.29, 0.717) is 18.4 Å². The molecular weight excluding hydrogens is 304 g/mol. The molecule has 0 spiro atoms. The molecule has 1 aromatic carbocycles. The fourth-order valence-corrected chi connectivity index (χ4v) is 3.75. The maximum atomic E-state index is 12.5. The van der Waals surface area contributed by atoms with Gasteiger partial charge in [-0.15, -0.1) is 0 Å². The Balaban J connectivity index is 1.45. The maximum Gasteiger partial charge on any atom is 0.226 e. The Morgan fingerprint density at radius 3 is 2.79 bits per heavy atom. The van der Waals surface area contributed by atoms with Crippen LogP contribution < -0.4 is 0 Å². The van der Waals surface area contributed by atoms with Crippen molar-refractivity contribution in [2.24, 2.45) is 5.92 Å². The number of likely N-dealkylation sites (N-methyl/N-ethyl adjacent to an activating group) is 1. The highest BCUT2D eigenvalue weighted by atomic mass is 16.5. The van der Waals surface area contributed by atoms with E-state index < -0.39 is 0 Å². The number of hydrogen-bond acceptors (Lipinski definition) is 4. The van der Waals surface area contributed by atoms with Crippen molar-refractivity contribution in [1.29, 1.82) is 0 Å². The van der Waals surface area contributed by atoms with Crippen molar-refractivity contribution in [3.05, 3.63) is 29.8 Å². The number of hydrogen-bond donors (Lipinski definition) is 1. The van der Waals surface area contributed by atoms with E-state index in [1.165, 1.54) is 6.42 Å². The fourth-order valence-electron chi connectivity index (χ4n) is 3.75. The summed E-state index contributed by atoms with van der Waals surface area (Å²) >= 11 is 0. The van der Waals surface area contributed by atoms with Gasteiger partial charge in [0.1, 0.15) is 5.75 Å². The summed E-state index contributed by atoms with van der Waals surface area (Å²) in [6.45, 7) is 5.07. The van der Waals surface area contributed by atoms with E-state index in [9.17, 15) is 9.90 Å². The molecule has 1 aromatic rings. The minimum atomic E-state index is 0.128. The predicted molar refractivity (Wildman–Crippen MR) is 93.0 cm³/mol. The Kier molecular flexibility index (Phi) is 5.74. The number of benzene rings is 1. The quantitative estimate of drug-likeness (QED) is 0.895. The first-order chi connectivity index (χ1) is 11.6. The van der Waals surface area contributed by atoms with Crippen LogP contribution in [0.1, 0.15) is 24.8 Å². The van der Waals surface area contributed by atoms with Crippen LogP contribution in [0.3, 0.4) is 0 Å². The highest BCUT2D eigenvalue weighted by molar-refractivity contribution is 5.79. The molecule has 2 heterocycles. The molecule has 1 amide bonds. The number of phenolic OH excluding ortho intramolecular Hbond substituents is 1. The molecular formula is C19H28N2O3. The molecule has 5 nitrogen and oxygen atoms in total. The molecule has 0 aromatic heterocycles. The monoisotopic (exact) mass is 332 g/mol. The molecule has 2 aliphatic rings. The van der Waals surface area contributed by atoms with E-state index in [0.717, 1.165) is 51.3 Å². The average molecular weight is 332 g/mol. The largest absolute Gasteiger partial charge is 0.508 e. The van der Waals surface area contributed by atoms with Crippen LogP contribution in [-0.4, -0.2) is 66.8 Å². The zero-order valence-electron chi connectivity index (χ0n) is 14.5. The molecule has 1 atom stereocenters. The Bertz CT molecular complexity index is 549. The summed E-state index contributed by atoms with van der Waals surface area (Å²) in [7, 11) is 1.91. The summed E-state index contributed by atoms with van der Waals surface area (Å²) in [6.07, 6.45) is 3.61. The predicted octanol–water partition coefficient (Wildman–Crippen LogP) is 1.89. The standard InChI is InChI=1S/C19H28N2O3/c1-20(19(23)12-15-3-2-4-18(22)11-15)17-5-8-21(9-6-17)13-16-7-10-24-14-16/h2-4,11,16-17,22H,5-10,12-14H2,1H3/t16-/m1/s1. The summed E-state index contributed by atoms with van der Waals surface area (Å²) in [5.74, 6) is 1.03. The topological polar surface area (TPSA) is 53.0 Å². The van der Waals surface area contributed by atoms with Gasteiger partial charge in [-0.1, -0.05) is 12.1 Å². The number of carbonyl (C=O) groups excluding carboxylic acids is 1. The number of ether oxygens (including phenoxy) is 1. The molecule has 1 N–H and O–H groups in total. The number of likely N-dealkylation sites (tertiary alicyclic amines) is 1. The molecule has 0 bridgehead atoms. The molecule has 5 heteroatoms. The van der Waals surface area contributed by atoms with Crippen molar-refractivity contribution in [1.82, 2.24) is 9.80 Å². The second kappa shape index (κ2) is 7.99. The molecule has 2 aliphatic heterocycles. The van der Waals surface area contributed by atoms with E-state index in [2.05, 4.69) is 4.90 Å². The highest BCUT2D eigenvalue weighted by Gasteiger charge is 2.27. The molecule has 0 radical (unpaired) electrons. The Labute approximate surface area is 144 Å². The lowest BCUT2D eigenvalue weighted by molar-refractivity contribution is -0.132. The molecule has 2 saturated heterocycles. The van der Waals surface area contributed by atoms with E-state index >= 15 is 0 Å². The van der Waals surface area contributed by atoms with Crippen molar-refractivity contribution < 1.29 is 14.6 Å². The lowest BCUT2D eigenvalue weighted by atomic mass is 10.0. The summed E-state index contributed by atoms with van der Waals surface area (Å²) in [5.41, 5.74) is 0.866. The van der Waals surface area contributed by atoms with Gasteiger partial charge in [0.15, 0.2) is 0 Å². The van der Waals surface area contributed by atoms with Crippen molar-refractivity contribution in [3.63, 3.8) is 0 Å². The third kappa shape index (κ3) is 4.48. The van der Waals surface area contributed by atoms with E-state index in [1.54, 1.807) is 18.2 Å². The average Bonchev–Trinajstić information content (AvgIpc) is 3.08. The summed E-state index contributed by atoms with van der Waals surface area (Å²) in [4.78, 5) is 16.9. The van der Waals surface area contributed by atoms with Crippen LogP contribution in [-0.2, 0) is 16.0 Å². The normalized spacial score (nSPS) is 22.6. The summed E-state index contributed by atoms with van der Waals surface area (Å²) < 4.78 is 5.46. The second-order valence-corrected chi connectivity index (χ2v) is 7.11. The van der Waals surface area contributed by atoms with Gasteiger partial charge < -0.3 is 19.6 Å². The number of phenols is 1. The molecule has 132 valence electrons. The van der Waals surface area contributed by atoms with Gasteiger partial charge in [-0.3, -0.25) is 4.79 Å². The molecule has 0 saturated carbocycles. The smallest absolute Gasteiger partial charge is 0.226 e. The summed E-state index contributed by atoms with van der Waals surface area (Å²) in [6, 6.07) is 7.28. The first kappa shape index (κ1) is 17.2. The number of carbonyl (C=O) groups is 1. The lowest BCUT2D eigenvalue weighted by Gasteiger charge is -2.37. The molecule has 2 fully saturated rings. The Morgan fingerprint density at radius 1 is 1.33 bits per heavy atom. The van der Waals surface area contributed by atoms with E-state index in [-0.39, 0.29) is 11.7 Å². The third-order valence-electron chi connectivity index (χ3n) is 5.30. The minimum absolute atomic E-state index is 0.128. The molecule has 3 rings (SSSR count). The maximum absolute atomic E-state index is 12.5. The second-order valence-electron chi connectivity index (χ2n) is 7.11. The van der Waals surface area contributed by atoms with Gasteiger partial charge in [-0.2, -0.15) is 0 Å². The van der Waals surface area contributed by atoms with Gasteiger partial charge in [0.05, 0.1) is 13.0 Å². The number of aromatic hydroxyl groups is 1. The van der Waals surface area contributed by atoms with Crippen LogP contribution >= 0.6 is 0 Å². The zero-order chi connectivity index (χ0) is 16.9. The Hall–Kier alpha value is -1.59. The van der Waals surface area contributed by atoms with Crippen molar-refractivity contribution in [2.45, 2.75) is 31.7 Å². The van der Waals surface area contributed by atoms with E-state index in [1.807, 2.05) is 18.0 Å². The number of piperidine rings is 1. The first-order valence-corrected chi connectivity index (χ1v) is 8.95. The summed E-state index contributed by atoms with van der Waals surface area (Å²) in [5, 5.41) is 9.52. The highest BCUT2D eigenvalue weighted by Crippen LogP contribution is 2.21. The number of amides is 1. The van der Waals surface area contributed by atoms with Gasteiger partial charge >= 0.3 is 0 Å². The van der Waals surface area contributed by atoms with Crippen molar-refractivity contribution in [3.8, 4) is 5.75 Å². The van der Waals surface area contributed by atoms with Crippen LogP contribution in [0.4, 0.5) is 0 Å². The van der Waals surface area contributed by atoms with Crippen molar-refractivity contribution in [2.75, 3.05) is 39.9 Å². The minimum Gasteiger partial charge on any atom is -0.508 e. The fraction of sp³-hybridized carbons (Fsp3) is 0.632. The van der Waals surface area contributed by atoms with Crippen molar-refractivity contribution >= 4 is 5.91 Å². The third-order valence-corrected chi connectivity index (χ3v) is 5.30. The molecule has 24 heavy (non-hydrogen) atoms. The van der Waals surface area contributed by atoms with Crippen LogP contribution in [0.5, 0.6) is 5.75 Å². The van der Waals surface area contributed by atoms with Gasteiger partial charge in [-0.25, -0.2) is 0 Å². The van der Waals surface area contributed by atoms with Gasteiger partial charge in [0.25, 0.3) is 0 Å². The number of nitrogens with zero attached hydrogens (tertiary/aromatic N) is 2. The van der Waals surface area contributed by atoms with Crippen LogP contribution in [0.25, 0.3) is 0 Å². The van der Waals surface area contributed by atoms with Crippen LogP contribution in [0, 0.1) is 5.92 Å². The van der Waals surface area contributed by atoms with Crippen LogP contribution in [0.15, 0.2) is 24.3 Å². The SMILES string of the molecule is CN(C(=O)Cc1cccc(O)c1)C1CCN(C[C@H]2CCOC2)CC1. The zero-order valence-corrected chi connectivity index (χ0v) is 14.5. The lowest BCUT2D eigenvalue weighted by Crippen LogP contribution is -2.47. The van der Waals surface area contributed by atoms with Gasteiger partial charge in [0, 0.05) is 39.3 Å².